The number of aromatic nitrogens is 1. The van der Waals surface area contributed by atoms with Gasteiger partial charge in [0.2, 0.25) is 5.69 Å². The Morgan fingerprint density at radius 2 is 1.53 bits per heavy atom. The van der Waals surface area contributed by atoms with E-state index in [1.807, 2.05) is 0 Å². The molecule has 88 valence electrons. The van der Waals surface area contributed by atoms with Crippen molar-refractivity contribution in [3.8, 4) is 11.3 Å². The molecule has 2 rings (SSSR count). The molecule has 0 N–H and O–H groups in total. The zero-order valence-corrected chi connectivity index (χ0v) is 11.3. The summed E-state index contributed by atoms with van der Waals surface area (Å²) in [6.07, 6.45) is 2.20. The molecule has 0 aliphatic carbocycles. The fourth-order valence-electron chi connectivity index (χ4n) is 2.16. The molecule has 0 fully saturated rings. The Balaban J connectivity index is 2.68. The zero-order chi connectivity index (χ0) is 12.6. The van der Waals surface area contributed by atoms with Crippen LogP contribution in [0.1, 0.15) is 22.3 Å². The van der Waals surface area contributed by atoms with Crippen molar-refractivity contribution in [1.29, 1.82) is 0 Å². The van der Waals surface area contributed by atoms with Crippen LogP contribution in [0.15, 0.2) is 30.5 Å². The van der Waals surface area contributed by atoms with Crippen molar-refractivity contribution < 1.29 is 4.57 Å². The summed E-state index contributed by atoms with van der Waals surface area (Å²) in [6.45, 7) is 8.64. The standard InChI is InChI=1S/C16H20N/c1-11-6-7-12(2)15(8-11)16-9-13(3)14(4)10-17(16)5/h6-10H,1-5H3/q+1. The Morgan fingerprint density at radius 1 is 0.824 bits per heavy atom. The van der Waals surface area contributed by atoms with Gasteiger partial charge in [-0.1, -0.05) is 17.7 Å². The predicted octanol–water partition coefficient (Wildman–Crippen LogP) is 3.41. The van der Waals surface area contributed by atoms with Crippen molar-refractivity contribution in [1.82, 2.24) is 0 Å². The highest BCUT2D eigenvalue weighted by atomic mass is 14.9. The van der Waals surface area contributed by atoms with Crippen LogP contribution >= 0.6 is 0 Å². The van der Waals surface area contributed by atoms with Gasteiger partial charge < -0.3 is 0 Å². The lowest BCUT2D eigenvalue weighted by Crippen LogP contribution is -2.31. The first kappa shape index (κ1) is 11.8. The summed E-state index contributed by atoms with van der Waals surface area (Å²) in [7, 11) is 2.11. The molecule has 0 bridgehead atoms. The second-order valence-corrected chi connectivity index (χ2v) is 4.95. The van der Waals surface area contributed by atoms with Gasteiger partial charge in [-0.3, -0.25) is 0 Å². The normalized spacial score (nSPS) is 10.6. The van der Waals surface area contributed by atoms with Gasteiger partial charge in [0.25, 0.3) is 0 Å². The Bertz CT molecular complexity index is 568. The number of hydrogen-bond donors (Lipinski definition) is 0. The summed E-state index contributed by atoms with van der Waals surface area (Å²) in [5, 5.41) is 0. The second kappa shape index (κ2) is 4.33. The van der Waals surface area contributed by atoms with E-state index in [4.69, 9.17) is 0 Å². The number of pyridine rings is 1. The highest BCUT2D eigenvalue weighted by Crippen LogP contribution is 2.23. The smallest absolute Gasteiger partial charge is 0.201 e. The second-order valence-electron chi connectivity index (χ2n) is 4.95. The average Bonchev–Trinajstić information content (AvgIpc) is 2.27. The van der Waals surface area contributed by atoms with Gasteiger partial charge in [0.15, 0.2) is 6.20 Å². The van der Waals surface area contributed by atoms with E-state index in [0.717, 1.165) is 0 Å². The van der Waals surface area contributed by atoms with Crippen molar-refractivity contribution in [3.05, 3.63) is 52.7 Å². The summed E-state index contributed by atoms with van der Waals surface area (Å²) >= 11 is 0. The van der Waals surface area contributed by atoms with Crippen LogP contribution in [0.4, 0.5) is 0 Å². The molecule has 0 amide bonds. The van der Waals surface area contributed by atoms with E-state index in [1.165, 1.54) is 33.5 Å². The number of benzene rings is 1. The Kier molecular flexibility index (Phi) is 3.01. The molecule has 1 nitrogen and oxygen atoms in total. The molecular weight excluding hydrogens is 206 g/mol. The highest BCUT2D eigenvalue weighted by Gasteiger charge is 2.14. The highest BCUT2D eigenvalue weighted by molar-refractivity contribution is 5.62. The predicted molar refractivity (Wildman–Crippen MR) is 72.0 cm³/mol. The van der Waals surface area contributed by atoms with Crippen LogP contribution in [-0.4, -0.2) is 0 Å². The third-order valence-corrected chi connectivity index (χ3v) is 3.41. The minimum Gasteiger partial charge on any atom is -0.201 e. The lowest BCUT2D eigenvalue weighted by Gasteiger charge is -2.07. The summed E-state index contributed by atoms with van der Waals surface area (Å²) in [4.78, 5) is 0. The Hall–Kier alpha value is -1.63. The quantitative estimate of drug-likeness (QED) is 0.656. The van der Waals surface area contributed by atoms with Crippen molar-refractivity contribution in [3.63, 3.8) is 0 Å². The minimum atomic E-state index is 1.29. The lowest BCUT2D eigenvalue weighted by atomic mass is 10.00. The maximum absolute atomic E-state index is 2.27. The summed E-state index contributed by atoms with van der Waals surface area (Å²) in [5.41, 5.74) is 7.93. The van der Waals surface area contributed by atoms with Gasteiger partial charge in [0.05, 0.1) is 0 Å². The van der Waals surface area contributed by atoms with Crippen molar-refractivity contribution in [2.75, 3.05) is 0 Å². The minimum absolute atomic E-state index is 1.29. The van der Waals surface area contributed by atoms with Crippen LogP contribution in [0.25, 0.3) is 11.3 Å². The molecular formula is C16H20N+. The average molecular weight is 226 g/mol. The molecule has 0 saturated heterocycles. The monoisotopic (exact) mass is 226 g/mol. The third-order valence-electron chi connectivity index (χ3n) is 3.41. The number of aryl methyl sites for hydroxylation is 5. The molecule has 0 spiro atoms. The van der Waals surface area contributed by atoms with Gasteiger partial charge in [-0.15, -0.1) is 0 Å². The number of rotatable bonds is 1. The van der Waals surface area contributed by atoms with Gasteiger partial charge >= 0.3 is 0 Å². The zero-order valence-electron chi connectivity index (χ0n) is 11.3. The number of nitrogens with zero attached hydrogens (tertiary/aromatic N) is 1. The van der Waals surface area contributed by atoms with Crippen molar-refractivity contribution >= 4 is 0 Å². The third kappa shape index (κ3) is 2.23. The summed E-state index contributed by atoms with van der Waals surface area (Å²) in [5.74, 6) is 0. The first-order valence-corrected chi connectivity index (χ1v) is 6.03. The van der Waals surface area contributed by atoms with Gasteiger partial charge in [-0.05, 0) is 44.9 Å². The molecule has 17 heavy (non-hydrogen) atoms. The Labute approximate surface area is 104 Å². The largest absolute Gasteiger partial charge is 0.212 e. The van der Waals surface area contributed by atoms with E-state index < -0.39 is 0 Å². The van der Waals surface area contributed by atoms with Crippen LogP contribution in [0.2, 0.25) is 0 Å². The van der Waals surface area contributed by atoms with Gasteiger partial charge in [-0.2, -0.15) is 0 Å². The molecule has 1 heterocycles. The molecule has 1 aromatic carbocycles. The molecule has 0 radical (unpaired) electrons. The molecule has 0 aliphatic rings. The fraction of sp³-hybridized carbons (Fsp3) is 0.312. The van der Waals surface area contributed by atoms with Crippen LogP contribution in [0, 0.1) is 27.7 Å². The SMILES string of the molecule is Cc1ccc(C)c(-c2cc(C)c(C)c[n+]2C)c1. The Morgan fingerprint density at radius 3 is 2.24 bits per heavy atom. The van der Waals surface area contributed by atoms with E-state index in [0.29, 0.717) is 0 Å². The maximum atomic E-state index is 2.27. The molecule has 1 heteroatoms. The molecule has 0 saturated carbocycles. The topological polar surface area (TPSA) is 3.88 Å². The van der Waals surface area contributed by atoms with Crippen LogP contribution in [0.5, 0.6) is 0 Å². The number of hydrogen-bond acceptors (Lipinski definition) is 0. The van der Waals surface area contributed by atoms with Crippen LogP contribution in [0.3, 0.4) is 0 Å². The first-order chi connectivity index (χ1) is 7.99. The maximum Gasteiger partial charge on any atom is 0.212 e. The lowest BCUT2D eigenvalue weighted by molar-refractivity contribution is -0.660. The van der Waals surface area contributed by atoms with E-state index in [9.17, 15) is 0 Å². The van der Waals surface area contributed by atoms with Crippen molar-refractivity contribution in [2.45, 2.75) is 27.7 Å². The molecule has 0 aliphatic heterocycles. The van der Waals surface area contributed by atoms with Crippen LogP contribution < -0.4 is 4.57 Å². The van der Waals surface area contributed by atoms with Gasteiger partial charge in [-0.25, -0.2) is 4.57 Å². The fourth-order valence-corrected chi connectivity index (χ4v) is 2.16. The van der Waals surface area contributed by atoms with Crippen LogP contribution in [-0.2, 0) is 7.05 Å². The van der Waals surface area contributed by atoms with Gasteiger partial charge in [0.1, 0.15) is 7.05 Å². The van der Waals surface area contributed by atoms with E-state index >= 15 is 0 Å². The summed E-state index contributed by atoms with van der Waals surface area (Å²) in [6, 6.07) is 8.90. The van der Waals surface area contributed by atoms with Crippen molar-refractivity contribution in [2.24, 2.45) is 7.05 Å². The van der Waals surface area contributed by atoms with E-state index in [1.54, 1.807) is 0 Å². The molecule has 0 unspecified atom stereocenters. The first-order valence-electron chi connectivity index (χ1n) is 6.03. The molecule has 1 aromatic heterocycles. The molecule has 0 atom stereocenters. The summed E-state index contributed by atoms with van der Waals surface area (Å²) < 4.78 is 2.21. The van der Waals surface area contributed by atoms with Gasteiger partial charge in [0, 0.05) is 17.2 Å². The van der Waals surface area contributed by atoms with E-state index in [2.05, 4.69) is 69.8 Å². The van der Waals surface area contributed by atoms with E-state index in [-0.39, 0.29) is 0 Å². The molecule has 2 aromatic rings.